The van der Waals surface area contributed by atoms with Gasteiger partial charge < -0.3 is 9.47 Å². The monoisotopic (exact) mass is 419 g/mol. The summed E-state index contributed by atoms with van der Waals surface area (Å²) in [6, 6.07) is 15.0. The number of nitrogens with zero attached hydrogens (tertiary/aromatic N) is 4. The molecule has 1 aromatic carbocycles. The topological polar surface area (TPSA) is 99.1 Å². The van der Waals surface area contributed by atoms with E-state index < -0.39 is 0 Å². The molecule has 3 heterocycles. The van der Waals surface area contributed by atoms with Gasteiger partial charge in [0.1, 0.15) is 11.6 Å². The van der Waals surface area contributed by atoms with Crippen molar-refractivity contribution in [2.45, 2.75) is 6.61 Å². The average Bonchev–Trinajstić information content (AvgIpc) is 3.27. The van der Waals surface area contributed by atoms with E-state index in [9.17, 15) is 4.79 Å². The molecule has 0 aliphatic heterocycles. The van der Waals surface area contributed by atoms with E-state index in [4.69, 9.17) is 9.47 Å². The first-order chi connectivity index (χ1) is 14.7. The number of benzene rings is 1. The number of ether oxygens (including phenoxy) is 2. The Kier molecular flexibility index (Phi) is 5.90. The van der Waals surface area contributed by atoms with E-state index in [1.54, 1.807) is 18.5 Å². The highest BCUT2D eigenvalue weighted by atomic mass is 32.1. The van der Waals surface area contributed by atoms with Crippen molar-refractivity contribution in [1.29, 1.82) is 0 Å². The number of rotatable bonds is 7. The van der Waals surface area contributed by atoms with Crippen LogP contribution in [0.1, 0.15) is 15.9 Å². The molecule has 9 heteroatoms. The molecule has 0 bridgehead atoms. The van der Waals surface area contributed by atoms with Crippen molar-refractivity contribution < 1.29 is 14.3 Å². The number of anilines is 1. The van der Waals surface area contributed by atoms with E-state index in [0.717, 1.165) is 11.1 Å². The van der Waals surface area contributed by atoms with E-state index in [-0.39, 0.29) is 5.91 Å². The average molecular weight is 419 g/mol. The van der Waals surface area contributed by atoms with E-state index in [2.05, 4.69) is 25.5 Å². The van der Waals surface area contributed by atoms with Gasteiger partial charge in [0.25, 0.3) is 11.8 Å². The van der Waals surface area contributed by atoms with Crippen LogP contribution in [0.25, 0.3) is 10.6 Å². The SMILES string of the molecule is COc1cc(C(=O)Nc2nnc(-c3ccncc3)s2)cnc1OCc1ccccc1. The normalized spacial score (nSPS) is 10.4. The summed E-state index contributed by atoms with van der Waals surface area (Å²) in [4.78, 5) is 20.8. The van der Waals surface area contributed by atoms with Crippen molar-refractivity contribution in [3.63, 3.8) is 0 Å². The molecule has 0 radical (unpaired) electrons. The summed E-state index contributed by atoms with van der Waals surface area (Å²) in [5.74, 6) is 0.315. The molecule has 150 valence electrons. The van der Waals surface area contributed by atoms with Crippen LogP contribution in [-0.4, -0.2) is 33.2 Å². The van der Waals surface area contributed by atoms with Gasteiger partial charge in [-0.15, -0.1) is 10.2 Å². The van der Waals surface area contributed by atoms with Gasteiger partial charge in [-0.3, -0.25) is 15.1 Å². The number of hydrogen-bond acceptors (Lipinski definition) is 8. The summed E-state index contributed by atoms with van der Waals surface area (Å²) in [5.41, 5.74) is 2.20. The highest BCUT2D eigenvalue weighted by molar-refractivity contribution is 7.18. The molecule has 8 nitrogen and oxygen atoms in total. The lowest BCUT2D eigenvalue weighted by Gasteiger charge is -2.11. The van der Waals surface area contributed by atoms with Crippen LogP contribution >= 0.6 is 11.3 Å². The van der Waals surface area contributed by atoms with Gasteiger partial charge >= 0.3 is 0 Å². The first-order valence-electron chi connectivity index (χ1n) is 8.99. The quantitative estimate of drug-likeness (QED) is 0.486. The highest BCUT2D eigenvalue weighted by Crippen LogP contribution is 2.28. The van der Waals surface area contributed by atoms with Gasteiger partial charge in [-0.25, -0.2) is 4.98 Å². The lowest BCUT2D eigenvalue weighted by molar-refractivity contribution is 0.102. The molecule has 4 aromatic rings. The van der Waals surface area contributed by atoms with Crippen LogP contribution in [-0.2, 0) is 6.61 Å². The zero-order valence-electron chi connectivity index (χ0n) is 16.0. The van der Waals surface area contributed by atoms with E-state index >= 15 is 0 Å². The fourth-order valence-corrected chi connectivity index (χ4v) is 3.34. The Balaban J connectivity index is 1.44. The summed E-state index contributed by atoms with van der Waals surface area (Å²) in [6.45, 7) is 0.346. The Morgan fingerprint density at radius 3 is 2.67 bits per heavy atom. The lowest BCUT2D eigenvalue weighted by Crippen LogP contribution is -2.12. The van der Waals surface area contributed by atoms with Crippen LogP contribution in [0, 0.1) is 0 Å². The van der Waals surface area contributed by atoms with Crippen LogP contribution in [0.4, 0.5) is 5.13 Å². The molecule has 0 saturated carbocycles. The fourth-order valence-electron chi connectivity index (χ4n) is 2.59. The zero-order chi connectivity index (χ0) is 20.8. The van der Waals surface area contributed by atoms with Gasteiger partial charge in [0.05, 0.1) is 12.7 Å². The Hall–Kier alpha value is -3.85. The summed E-state index contributed by atoms with van der Waals surface area (Å²) >= 11 is 1.27. The van der Waals surface area contributed by atoms with Crippen molar-refractivity contribution in [3.05, 3.63) is 78.2 Å². The first-order valence-corrected chi connectivity index (χ1v) is 9.80. The number of nitrogens with one attached hydrogen (secondary N) is 1. The number of amides is 1. The largest absolute Gasteiger partial charge is 0.491 e. The molecule has 1 amide bonds. The second kappa shape index (κ2) is 9.10. The van der Waals surface area contributed by atoms with Gasteiger partial charge in [0, 0.05) is 30.2 Å². The van der Waals surface area contributed by atoms with Crippen molar-refractivity contribution >= 4 is 22.4 Å². The fraction of sp³-hybridized carbons (Fsp3) is 0.0952. The van der Waals surface area contributed by atoms with Gasteiger partial charge in [-0.1, -0.05) is 41.7 Å². The van der Waals surface area contributed by atoms with Gasteiger partial charge in [-0.05, 0) is 17.7 Å². The van der Waals surface area contributed by atoms with Gasteiger partial charge in [0.15, 0.2) is 5.75 Å². The van der Waals surface area contributed by atoms with Crippen molar-refractivity contribution in [1.82, 2.24) is 20.2 Å². The van der Waals surface area contributed by atoms with Crippen LogP contribution in [0.5, 0.6) is 11.6 Å². The maximum absolute atomic E-state index is 12.6. The molecular weight excluding hydrogens is 402 g/mol. The van der Waals surface area contributed by atoms with Crippen molar-refractivity contribution in [2.24, 2.45) is 0 Å². The third kappa shape index (κ3) is 4.58. The number of aromatic nitrogens is 4. The number of methoxy groups -OCH3 is 1. The third-order valence-corrected chi connectivity index (χ3v) is 4.98. The minimum Gasteiger partial charge on any atom is -0.491 e. The lowest BCUT2D eigenvalue weighted by atomic mass is 10.2. The number of hydrogen-bond donors (Lipinski definition) is 1. The summed E-state index contributed by atoms with van der Waals surface area (Å²) < 4.78 is 11.1. The van der Waals surface area contributed by atoms with Crippen molar-refractivity contribution in [2.75, 3.05) is 12.4 Å². The Morgan fingerprint density at radius 1 is 1.10 bits per heavy atom. The molecular formula is C21H17N5O3S. The zero-order valence-corrected chi connectivity index (χ0v) is 16.8. The van der Waals surface area contributed by atoms with E-state index in [1.165, 1.54) is 24.6 Å². The summed E-state index contributed by atoms with van der Waals surface area (Å²) in [5, 5.41) is 11.9. The molecule has 30 heavy (non-hydrogen) atoms. The second-order valence-corrected chi connectivity index (χ2v) is 7.09. The molecule has 0 spiro atoms. The van der Waals surface area contributed by atoms with Gasteiger partial charge in [-0.2, -0.15) is 0 Å². The third-order valence-electron chi connectivity index (χ3n) is 4.09. The number of carbonyl (C=O) groups is 1. The maximum atomic E-state index is 12.6. The van der Waals surface area contributed by atoms with Crippen LogP contribution in [0.15, 0.2) is 67.1 Å². The van der Waals surface area contributed by atoms with E-state index in [1.807, 2.05) is 42.5 Å². The standard InChI is InChI=1S/C21H17N5O3S/c1-28-17-11-16(12-23-19(17)29-13-14-5-3-2-4-6-14)18(27)24-21-26-25-20(30-21)15-7-9-22-10-8-15/h2-12H,13H2,1H3,(H,24,26,27). The van der Waals surface area contributed by atoms with Crippen LogP contribution in [0.3, 0.4) is 0 Å². The smallest absolute Gasteiger partial charge is 0.259 e. The first kappa shape index (κ1) is 19.5. The molecule has 0 unspecified atom stereocenters. The van der Waals surface area contributed by atoms with Gasteiger partial charge in [0.2, 0.25) is 5.13 Å². The number of carbonyl (C=O) groups excluding carboxylic acids is 1. The summed E-state index contributed by atoms with van der Waals surface area (Å²) in [6.07, 6.45) is 4.78. The molecule has 0 fully saturated rings. The van der Waals surface area contributed by atoms with Crippen molar-refractivity contribution in [3.8, 4) is 22.2 Å². The summed E-state index contributed by atoms with van der Waals surface area (Å²) in [7, 11) is 1.50. The Morgan fingerprint density at radius 2 is 1.90 bits per heavy atom. The number of pyridine rings is 2. The van der Waals surface area contributed by atoms with Crippen LogP contribution in [0.2, 0.25) is 0 Å². The maximum Gasteiger partial charge on any atom is 0.259 e. The molecule has 0 aliphatic carbocycles. The predicted octanol–water partition coefficient (Wildman–Crippen LogP) is 3.84. The molecule has 0 saturated heterocycles. The minimum atomic E-state index is -0.368. The Bertz CT molecular complexity index is 1140. The minimum absolute atomic E-state index is 0.314. The molecule has 1 N–H and O–H groups in total. The van der Waals surface area contributed by atoms with Crippen LogP contribution < -0.4 is 14.8 Å². The Labute approximate surface area is 176 Å². The molecule has 0 aliphatic rings. The second-order valence-electron chi connectivity index (χ2n) is 6.11. The molecule has 4 rings (SSSR count). The van der Waals surface area contributed by atoms with E-state index in [0.29, 0.717) is 33.9 Å². The predicted molar refractivity (Wildman–Crippen MR) is 113 cm³/mol. The highest BCUT2D eigenvalue weighted by Gasteiger charge is 2.15. The molecule has 0 atom stereocenters. The molecule has 3 aromatic heterocycles.